The van der Waals surface area contributed by atoms with Gasteiger partial charge in [-0.3, -0.25) is 14.6 Å². The first-order valence-corrected chi connectivity index (χ1v) is 9.27. The van der Waals surface area contributed by atoms with Gasteiger partial charge in [-0.15, -0.1) is 0 Å². The second kappa shape index (κ2) is 7.95. The number of hydrogen-bond acceptors (Lipinski definition) is 4. The molecule has 142 valence electrons. The molecule has 1 aliphatic rings. The van der Waals surface area contributed by atoms with E-state index in [9.17, 15) is 9.59 Å². The van der Waals surface area contributed by atoms with E-state index in [0.29, 0.717) is 29.9 Å². The second-order valence-corrected chi connectivity index (χ2v) is 6.82. The van der Waals surface area contributed by atoms with Crippen LogP contribution >= 0.6 is 0 Å². The van der Waals surface area contributed by atoms with Crippen LogP contribution in [-0.4, -0.2) is 28.2 Å². The molecule has 0 radical (unpaired) electrons. The Kier molecular flexibility index (Phi) is 5.04. The average Bonchev–Trinajstić information content (AvgIpc) is 2.78. The molecule has 1 aromatic heterocycles. The van der Waals surface area contributed by atoms with Gasteiger partial charge < -0.3 is 10.2 Å². The molecular weight excluding hydrogens is 364 g/mol. The van der Waals surface area contributed by atoms with Gasteiger partial charge in [0.05, 0.1) is 11.6 Å². The summed E-state index contributed by atoms with van der Waals surface area (Å²) in [5.74, 6) is -0.554. The molecule has 4 rings (SSSR count). The number of rotatable bonds is 3. The average molecular weight is 382 g/mol. The first kappa shape index (κ1) is 18.4. The van der Waals surface area contributed by atoms with Gasteiger partial charge in [-0.25, -0.2) is 0 Å². The van der Waals surface area contributed by atoms with E-state index in [-0.39, 0.29) is 17.5 Å². The molecule has 0 fully saturated rings. The number of amides is 2. The third-order valence-corrected chi connectivity index (χ3v) is 4.91. The van der Waals surface area contributed by atoms with Crippen LogP contribution in [0, 0.1) is 11.3 Å². The first-order chi connectivity index (χ1) is 14.1. The minimum absolute atomic E-state index is 0.194. The van der Waals surface area contributed by atoms with Crippen molar-refractivity contribution in [1.29, 1.82) is 5.26 Å². The van der Waals surface area contributed by atoms with Crippen molar-refractivity contribution in [3.05, 3.63) is 94.8 Å². The minimum atomic E-state index is -0.361. The zero-order valence-corrected chi connectivity index (χ0v) is 15.6. The number of carbonyl (C=O) groups is 2. The highest BCUT2D eigenvalue weighted by Crippen LogP contribution is 2.20. The Morgan fingerprint density at radius 2 is 1.86 bits per heavy atom. The highest BCUT2D eigenvalue weighted by molar-refractivity contribution is 6.05. The lowest BCUT2D eigenvalue weighted by Gasteiger charge is -2.28. The van der Waals surface area contributed by atoms with Crippen molar-refractivity contribution in [2.45, 2.75) is 13.0 Å². The fourth-order valence-corrected chi connectivity index (χ4v) is 3.39. The maximum absolute atomic E-state index is 12.9. The summed E-state index contributed by atoms with van der Waals surface area (Å²) in [6.07, 6.45) is 2.27. The van der Waals surface area contributed by atoms with Gasteiger partial charge in [0.15, 0.2) is 0 Å². The summed E-state index contributed by atoms with van der Waals surface area (Å²) in [5.41, 5.74) is 3.95. The second-order valence-electron chi connectivity index (χ2n) is 6.82. The summed E-state index contributed by atoms with van der Waals surface area (Å²) in [5, 5.41) is 11.7. The standard InChI is InChI=1S/C23H18N4O2/c24-14-16-4-3-7-20(12-16)26-22(28)18-8-10-25-21(13-18)23(29)27-11-9-17-5-1-2-6-19(17)15-27/h1-8,10,12-13H,9,11,15H2,(H,26,28). The van der Waals surface area contributed by atoms with Gasteiger partial charge in [0.25, 0.3) is 11.8 Å². The van der Waals surface area contributed by atoms with E-state index in [1.807, 2.05) is 24.3 Å². The fourth-order valence-electron chi connectivity index (χ4n) is 3.39. The summed E-state index contributed by atoms with van der Waals surface area (Å²) in [6.45, 7) is 1.16. The predicted molar refractivity (Wildman–Crippen MR) is 108 cm³/mol. The van der Waals surface area contributed by atoms with Crippen molar-refractivity contribution in [3.63, 3.8) is 0 Å². The van der Waals surface area contributed by atoms with Crippen LogP contribution in [0.4, 0.5) is 5.69 Å². The van der Waals surface area contributed by atoms with Crippen LogP contribution in [0.3, 0.4) is 0 Å². The lowest BCUT2D eigenvalue weighted by molar-refractivity contribution is 0.0728. The molecule has 2 heterocycles. The highest BCUT2D eigenvalue weighted by atomic mass is 16.2. The Morgan fingerprint density at radius 1 is 1.03 bits per heavy atom. The molecule has 1 N–H and O–H groups in total. The van der Waals surface area contributed by atoms with Gasteiger partial charge in [0, 0.05) is 30.5 Å². The maximum Gasteiger partial charge on any atom is 0.272 e. The number of nitriles is 1. The van der Waals surface area contributed by atoms with Gasteiger partial charge in [0.1, 0.15) is 5.69 Å². The lowest BCUT2D eigenvalue weighted by Crippen LogP contribution is -2.36. The van der Waals surface area contributed by atoms with E-state index in [4.69, 9.17) is 5.26 Å². The van der Waals surface area contributed by atoms with E-state index >= 15 is 0 Å². The Morgan fingerprint density at radius 3 is 2.69 bits per heavy atom. The molecular formula is C23H18N4O2. The van der Waals surface area contributed by atoms with Gasteiger partial charge in [-0.05, 0) is 47.9 Å². The number of hydrogen-bond donors (Lipinski definition) is 1. The number of nitrogens with zero attached hydrogens (tertiary/aromatic N) is 3. The number of carbonyl (C=O) groups excluding carboxylic acids is 2. The topological polar surface area (TPSA) is 86.1 Å². The molecule has 0 saturated heterocycles. The van der Waals surface area contributed by atoms with Crippen molar-refractivity contribution >= 4 is 17.5 Å². The molecule has 0 unspecified atom stereocenters. The van der Waals surface area contributed by atoms with Crippen LogP contribution in [0.25, 0.3) is 0 Å². The number of nitrogens with one attached hydrogen (secondary N) is 1. The number of pyridine rings is 1. The molecule has 0 saturated carbocycles. The van der Waals surface area contributed by atoms with E-state index in [1.165, 1.54) is 17.8 Å². The van der Waals surface area contributed by atoms with Crippen molar-refractivity contribution in [3.8, 4) is 6.07 Å². The van der Waals surface area contributed by atoms with Crippen LogP contribution in [0.15, 0.2) is 66.9 Å². The quantitative estimate of drug-likeness (QED) is 0.752. The Labute approximate surface area is 168 Å². The molecule has 0 atom stereocenters. The number of aromatic nitrogens is 1. The monoisotopic (exact) mass is 382 g/mol. The fraction of sp³-hybridized carbons (Fsp3) is 0.130. The SMILES string of the molecule is N#Cc1cccc(NC(=O)c2ccnc(C(=O)N3CCc4ccccc4C3)c2)c1. The van der Waals surface area contributed by atoms with Crippen LogP contribution in [0.2, 0.25) is 0 Å². The number of fused-ring (bicyclic) bond motifs is 1. The van der Waals surface area contributed by atoms with Crippen LogP contribution in [0.5, 0.6) is 0 Å². The van der Waals surface area contributed by atoms with E-state index in [2.05, 4.69) is 16.4 Å². The summed E-state index contributed by atoms with van der Waals surface area (Å²) < 4.78 is 0. The van der Waals surface area contributed by atoms with Crippen molar-refractivity contribution < 1.29 is 9.59 Å². The normalized spacial score (nSPS) is 12.6. The van der Waals surface area contributed by atoms with Crippen LogP contribution < -0.4 is 5.32 Å². The third-order valence-electron chi connectivity index (χ3n) is 4.91. The van der Waals surface area contributed by atoms with Crippen molar-refractivity contribution in [2.24, 2.45) is 0 Å². The Bertz CT molecular complexity index is 1130. The van der Waals surface area contributed by atoms with E-state index in [0.717, 1.165) is 12.0 Å². The van der Waals surface area contributed by atoms with E-state index < -0.39 is 0 Å². The lowest BCUT2D eigenvalue weighted by atomic mass is 9.99. The zero-order chi connectivity index (χ0) is 20.2. The van der Waals surface area contributed by atoms with Crippen molar-refractivity contribution in [2.75, 3.05) is 11.9 Å². The maximum atomic E-state index is 12.9. The van der Waals surface area contributed by atoms with Crippen molar-refractivity contribution in [1.82, 2.24) is 9.88 Å². The van der Waals surface area contributed by atoms with E-state index in [1.54, 1.807) is 35.2 Å². The number of benzene rings is 2. The molecule has 6 nitrogen and oxygen atoms in total. The van der Waals surface area contributed by atoms with Gasteiger partial charge in [0.2, 0.25) is 0 Å². The molecule has 2 aromatic carbocycles. The highest BCUT2D eigenvalue weighted by Gasteiger charge is 2.23. The smallest absolute Gasteiger partial charge is 0.272 e. The molecule has 0 aliphatic carbocycles. The molecule has 3 aromatic rings. The minimum Gasteiger partial charge on any atom is -0.333 e. The molecule has 1 aliphatic heterocycles. The molecule has 29 heavy (non-hydrogen) atoms. The first-order valence-electron chi connectivity index (χ1n) is 9.27. The molecule has 0 spiro atoms. The molecule has 6 heteroatoms. The Hall–Kier alpha value is -3.98. The summed E-state index contributed by atoms with van der Waals surface area (Å²) in [7, 11) is 0. The molecule has 0 bridgehead atoms. The van der Waals surface area contributed by atoms with Crippen LogP contribution in [-0.2, 0) is 13.0 Å². The van der Waals surface area contributed by atoms with Gasteiger partial charge in [-0.2, -0.15) is 5.26 Å². The van der Waals surface area contributed by atoms with Gasteiger partial charge >= 0.3 is 0 Å². The third kappa shape index (κ3) is 3.99. The van der Waals surface area contributed by atoms with Crippen LogP contribution in [0.1, 0.15) is 37.5 Å². The van der Waals surface area contributed by atoms with Gasteiger partial charge in [-0.1, -0.05) is 30.3 Å². The number of anilines is 1. The molecule has 2 amide bonds. The summed E-state index contributed by atoms with van der Waals surface area (Å²) in [4.78, 5) is 31.4. The summed E-state index contributed by atoms with van der Waals surface area (Å²) >= 11 is 0. The zero-order valence-electron chi connectivity index (χ0n) is 15.6. The largest absolute Gasteiger partial charge is 0.333 e. The predicted octanol–water partition coefficient (Wildman–Crippen LogP) is 3.40. The summed E-state index contributed by atoms with van der Waals surface area (Å²) in [6, 6.07) is 19.9. The Balaban J connectivity index is 1.50.